The van der Waals surface area contributed by atoms with Crippen molar-refractivity contribution in [3.05, 3.63) is 11.7 Å². The van der Waals surface area contributed by atoms with E-state index in [0.29, 0.717) is 23.7 Å². The molecule has 5 heteroatoms. The van der Waals surface area contributed by atoms with Gasteiger partial charge in [0, 0.05) is 19.6 Å². The molecule has 0 spiro atoms. The summed E-state index contributed by atoms with van der Waals surface area (Å²) in [5, 5.41) is 7.50. The van der Waals surface area contributed by atoms with Gasteiger partial charge in [-0.15, -0.1) is 0 Å². The average Bonchev–Trinajstić information content (AvgIpc) is 2.82. The van der Waals surface area contributed by atoms with Crippen LogP contribution in [-0.2, 0) is 11.2 Å². The van der Waals surface area contributed by atoms with Gasteiger partial charge in [-0.1, -0.05) is 25.9 Å². The monoisotopic (exact) mass is 269 g/mol. The van der Waals surface area contributed by atoms with E-state index in [2.05, 4.69) is 36.2 Å². The van der Waals surface area contributed by atoms with Crippen LogP contribution in [0.4, 0.5) is 0 Å². The topological polar surface area (TPSA) is 60.2 Å². The smallest absolute Gasteiger partial charge is 0.228 e. The van der Waals surface area contributed by atoms with Gasteiger partial charge >= 0.3 is 0 Å². The molecule has 0 aliphatic carbocycles. The molecule has 0 fully saturated rings. The maximum absolute atomic E-state index is 5.30. The van der Waals surface area contributed by atoms with Crippen molar-refractivity contribution >= 4 is 0 Å². The van der Waals surface area contributed by atoms with Crippen LogP contribution in [0.1, 0.15) is 58.4 Å². The zero-order valence-electron chi connectivity index (χ0n) is 12.8. The van der Waals surface area contributed by atoms with E-state index in [-0.39, 0.29) is 6.10 Å². The van der Waals surface area contributed by atoms with Gasteiger partial charge < -0.3 is 14.6 Å². The Kier molecular flexibility index (Phi) is 7.02. The largest absolute Gasteiger partial charge is 0.374 e. The number of hydrogen-bond acceptors (Lipinski definition) is 5. The number of nitrogens with one attached hydrogen (secondary N) is 1. The molecule has 0 saturated carbocycles. The minimum atomic E-state index is -0.121. The molecule has 0 bridgehead atoms. The number of ether oxygens (including phenoxy) is 1. The fourth-order valence-electron chi connectivity index (χ4n) is 1.99. The van der Waals surface area contributed by atoms with E-state index < -0.39 is 0 Å². The first kappa shape index (κ1) is 16.1. The van der Waals surface area contributed by atoms with Crippen LogP contribution in [0.25, 0.3) is 0 Å². The molecule has 5 nitrogen and oxygen atoms in total. The average molecular weight is 269 g/mol. The van der Waals surface area contributed by atoms with Gasteiger partial charge in [0.2, 0.25) is 5.89 Å². The van der Waals surface area contributed by atoms with E-state index in [4.69, 9.17) is 9.26 Å². The van der Waals surface area contributed by atoms with Crippen LogP contribution in [0.2, 0.25) is 0 Å². The Morgan fingerprint density at radius 3 is 2.63 bits per heavy atom. The lowest BCUT2D eigenvalue weighted by Crippen LogP contribution is -2.33. The predicted octanol–water partition coefficient (Wildman–Crippen LogP) is 2.73. The lowest BCUT2D eigenvalue weighted by molar-refractivity contribution is 0.109. The molecule has 1 N–H and O–H groups in total. The molecule has 0 amide bonds. The standard InChI is InChI=1S/C14H27N3O2/c1-6-7-15-12(8-10(2)3)9-13-16-14(17-19-13)11(4)18-5/h10-12,15H,6-9H2,1-5H3. The van der Waals surface area contributed by atoms with Crippen molar-refractivity contribution in [2.24, 2.45) is 5.92 Å². The normalized spacial score (nSPS) is 14.8. The van der Waals surface area contributed by atoms with Crippen LogP contribution < -0.4 is 5.32 Å². The van der Waals surface area contributed by atoms with E-state index in [1.54, 1.807) is 7.11 Å². The minimum absolute atomic E-state index is 0.121. The Labute approximate surface area is 116 Å². The first-order valence-electron chi connectivity index (χ1n) is 7.15. The molecule has 2 unspecified atom stereocenters. The van der Waals surface area contributed by atoms with Gasteiger partial charge in [-0.05, 0) is 32.2 Å². The Morgan fingerprint density at radius 1 is 1.32 bits per heavy atom. The minimum Gasteiger partial charge on any atom is -0.374 e. The first-order valence-corrected chi connectivity index (χ1v) is 7.15. The number of hydrogen-bond donors (Lipinski definition) is 1. The highest BCUT2D eigenvalue weighted by atomic mass is 16.5. The SMILES string of the molecule is CCCNC(Cc1nc(C(C)OC)no1)CC(C)C. The summed E-state index contributed by atoms with van der Waals surface area (Å²) >= 11 is 0. The van der Waals surface area contributed by atoms with Crippen molar-refractivity contribution in [2.75, 3.05) is 13.7 Å². The van der Waals surface area contributed by atoms with Crippen LogP contribution in [0.15, 0.2) is 4.52 Å². The molecule has 19 heavy (non-hydrogen) atoms. The quantitative estimate of drug-likeness (QED) is 0.747. The van der Waals surface area contributed by atoms with E-state index in [9.17, 15) is 0 Å². The summed E-state index contributed by atoms with van der Waals surface area (Å²) in [6, 6.07) is 0.395. The molecule has 1 rings (SSSR count). The molecule has 2 atom stereocenters. The first-order chi connectivity index (χ1) is 9.06. The number of nitrogens with zero attached hydrogens (tertiary/aromatic N) is 2. The maximum Gasteiger partial charge on any atom is 0.228 e. The summed E-state index contributed by atoms with van der Waals surface area (Å²) in [7, 11) is 1.64. The van der Waals surface area contributed by atoms with E-state index in [1.807, 2.05) is 6.92 Å². The fourth-order valence-corrected chi connectivity index (χ4v) is 1.99. The van der Waals surface area contributed by atoms with Crippen LogP contribution >= 0.6 is 0 Å². The molecule has 0 saturated heterocycles. The summed E-state index contributed by atoms with van der Waals surface area (Å²) in [5.41, 5.74) is 0. The molecule has 0 aliphatic heterocycles. The number of rotatable bonds is 9. The van der Waals surface area contributed by atoms with Crippen molar-refractivity contribution in [3.8, 4) is 0 Å². The molecule has 110 valence electrons. The Hall–Kier alpha value is -0.940. The van der Waals surface area contributed by atoms with Crippen molar-refractivity contribution in [3.63, 3.8) is 0 Å². The Balaban J connectivity index is 2.59. The van der Waals surface area contributed by atoms with E-state index >= 15 is 0 Å². The summed E-state index contributed by atoms with van der Waals surface area (Å²) < 4.78 is 10.5. The highest BCUT2D eigenvalue weighted by Gasteiger charge is 2.17. The third-order valence-electron chi connectivity index (χ3n) is 3.06. The van der Waals surface area contributed by atoms with Crippen LogP contribution in [0, 0.1) is 5.92 Å². The third-order valence-corrected chi connectivity index (χ3v) is 3.06. The molecule has 1 heterocycles. The number of methoxy groups -OCH3 is 1. The second kappa shape index (κ2) is 8.27. The predicted molar refractivity (Wildman–Crippen MR) is 75.0 cm³/mol. The Morgan fingerprint density at radius 2 is 2.05 bits per heavy atom. The van der Waals surface area contributed by atoms with Crippen LogP contribution in [-0.4, -0.2) is 29.8 Å². The number of aromatic nitrogens is 2. The van der Waals surface area contributed by atoms with Crippen molar-refractivity contribution < 1.29 is 9.26 Å². The van der Waals surface area contributed by atoms with Gasteiger partial charge in [-0.3, -0.25) is 0 Å². The fraction of sp³-hybridized carbons (Fsp3) is 0.857. The molecular weight excluding hydrogens is 242 g/mol. The molecule has 0 aromatic carbocycles. The zero-order valence-corrected chi connectivity index (χ0v) is 12.8. The lowest BCUT2D eigenvalue weighted by Gasteiger charge is -2.18. The maximum atomic E-state index is 5.30. The van der Waals surface area contributed by atoms with Crippen molar-refractivity contribution in [1.29, 1.82) is 0 Å². The third kappa shape index (κ3) is 5.70. The lowest BCUT2D eigenvalue weighted by atomic mass is 10.0. The van der Waals surface area contributed by atoms with E-state index in [1.165, 1.54) is 0 Å². The molecule has 0 radical (unpaired) electrons. The van der Waals surface area contributed by atoms with Gasteiger partial charge in [0.15, 0.2) is 5.82 Å². The molecule has 0 aliphatic rings. The summed E-state index contributed by atoms with van der Waals surface area (Å²) in [6.07, 6.45) is 2.90. The summed E-state index contributed by atoms with van der Waals surface area (Å²) in [5.74, 6) is 1.96. The molecular formula is C14H27N3O2. The molecule has 1 aromatic rings. The van der Waals surface area contributed by atoms with Gasteiger partial charge in [0.1, 0.15) is 6.10 Å². The van der Waals surface area contributed by atoms with Gasteiger partial charge in [0.25, 0.3) is 0 Å². The van der Waals surface area contributed by atoms with Gasteiger partial charge in [-0.2, -0.15) is 4.98 Å². The summed E-state index contributed by atoms with van der Waals surface area (Å²) in [4.78, 5) is 4.39. The van der Waals surface area contributed by atoms with Gasteiger partial charge in [0.05, 0.1) is 0 Å². The van der Waals surface area contributed by atoms with E-state index in [0.717, 1.165) is 25.8 Å². The van der Waals surface area contributed by atoms with Crippen molar-refractivity contribution in [1.82, 2.24) is 15.5 Å². The second-order valence-electron chi connectivity index (χ2n) is 5.41. The summed E-state index contributed by atoms with van der Waals surface area (Å²) in [6.45, 7) is 9.56. The van der Waals surface area contributed by atoms with Gasteiger partial charge in [-0.25, -0.2) is 0 Å². The molecule has 1 aromatic heterocycles. The van der Waals surface area contributed by atoms with Crippen LogP contribution in [0.5, 0.6) is 0 Å². The zero-order chi connectivity index (χ0) is 14.3. The highest BCUT2D eigenvalue weighted by Crippen LogP contribution is 2.14. The van der Waals surface area contributed by atoms with Crippen LogP contribution in [0.3, 0.4) is 0 Å². The highest BCUT2D eigenvalue weighted by molar-refractivity contribution is 4.92. The second-order valence-corrected chi connectivity index (χ2v) is 5.41. The Bertz CT molecular complexity index is 352. The van der Waals surface area contributed by atoms with Crippen molar-refractivity contribution in [2.45, 2.75) is 59.1 Å².